The molecule has 42 heavy (non-hydrogen) atoms. The Morgan fingerprint density at radius 3 is 2.36 bits per heavy atom. The number of benzene rings is 3. The highest BCUT2D eigenvalue weighted by Gasteiger charge is 2.30. The lowest BCUT2D eigenvalue weighted by Gasteiger charge is -2.32. The summed E-state index contributed by atoms with van der Waals surface area (Å²) in [6.45, 7) is 9.95. The van der Waals surface area contributed by atoms with Gasteiger partial charge in [0.15, 0.2) is 0 Å². The van der Waals surface area contributed by atoms with Gasteiger partial charge in [-0.15, -0.1) is 0 Å². The fourth-order valence-corrected chi connectivity index (χ4v) is 5.36. The van der Waals surface area contributed by atoms with Crippen molar-refractivity contribution in [1.29, 1.82) is 0 Å². The smallest absolute Gasteiger partial charge is 0.338 e. The van der Waals surface area contributed by atoms with E-state index >= 15 is 0 Å². The van der Waals surface area contributed by atoms with Gasteiger partial charge in [-0.05, 0) is 62.7 Å². The number of carbonyl (C=O) groups is 3. The summed E-state index contributed by atoms with van der Waals surface area (Å²) in [6.07, 6.45) is 0. The van der Waals surface area contributed by atoms with Crippen molar-refractivity contribution < 1.29 is 19.1 Å². The second-order valence-electron chi connectivity index (χ2n) is 10.6. The molecule has 218 valence electrons. The Balaban J connectivity index is 1.44. The van der Waals surface area contributed by atoms with E-state index in [0.717, 1.165) is 43.1 Å². The Morgan fingerprint density at radius 1 is 0.976 bits per heavy atom. The Morgan fingerprint density at radius 2 is 1.69 bits per heavy atom. The molecule has 2 heterocycles. The van der Waals surface area contributed by atoms with E-state index in [9.17, 15) is 14.4 Å². The number of ether oxygens (including phenoxy) is 1. The molecule has 3 N–H and O–H groups in total. The van der Waals surface area contributed by atoms with Gasteiger partial charge in [-0.3, -0.25) is 14.5 Å². The predicted molar refractivity (Wildman–Crippen MR) is 166 cm³/mol. The van der Waals surface area contributed by atoms with Gasteiger partial charge in [0, 0.05) is 49.2 Å². The quantitative estimate of drug-likeness (QED) is 0.260. The molecule has 2 aliphatic rings. The van der Waals surface area contributed by atoms with Crippen LogP contribution in [0.3, 0.4) is 0 Å². The minimum Gasteiger partial charge on any atom is -0.462 e. The van der Waals surface area contributed by atoms with Crippen molar-refractivity contribution in [2.75, 3.05) is 54.9 Å². The number of anilines is 3. The van der Waals surface area contributed by atoms with Crippen LogP contribution >= 0.6 is 0 Å². The van der Waals surface area contributed by atoms with Gasteiger partial charge in [-0.1, -0.05) is 36.4 Å². The number of nitrogens with zero attached hydrogens (tertiary/aromatic N) is 2. The van der Waals surface area contributed by atoms with E-state index in [1.54, 1.807) is 25.1 Å². The molecule has 2 amide bonds. The highest BCUT2D eigenvalue weighted by atomic mass is 16.5. The molecular formula is C33H37N5O4. The van der Waals surface area contributed by atoms with E-state index in [1.807, 2.05) is 73.3 Å². The monoisotopic (exact) mass is 567 g/mol. The fourth-order valence-electron chi connectivity index (χ4n) is 5.36. The van der Waals surface area contributed by atoms with Gasteiger partial charge in [-0.2, -0.15) is 0 Å². The molecule has 9 heteroatoms. The van der Waals surface area contributed by atoms with E-state index in [0.29, 0.717) is 34.6 Å². The Labute approximate surface area is 246 Å². The lowest BCUT2D eigenvalue weighted by molar-refractivity contribution is -0.120. The number of piperazine rings is 1. The van der Waals surface area contributed by atoms with Crippen LogP contribution in [0.2, 0.25) is 0 Å². The van der Waals surface area contributed by atoms with Gasteiger partial charge in [0.05, 0.1) is 35.7 Å². The van der Waals surface area contributed by atoms with E-state index < -0.39 is 5.97 Å². The first kappa shape index (κ1) is 29.0. The maximum Gasteiger partial charge on any atom is 0.338 e. The number of esters is 1. The lowest BCUT2D eigenvalue weighted by atomic mass is 9.99. The van der Waals surface area contributed by atoms with Crippen LogP contribution in [-0.2, 0) is 14.3 Å². The van der Waals surface area contributed by atoms with Crippen LogP contribution in [0.4, 0.5) is 17.1 Å². The summed E-state index contributed by atoms with van der Waals surface area (Å²) in [7, 11) is 0. The molecule has 0 saturated carbocycles. The largest absolute Gasteiger partial charge is 0.462 e. The number of fused-ring (bicyclic) bond motifs is 1. The van der Waals surface area contributed by atoms with Crippen molar-refractivity contribution in [3.63, 3.8) is 0 Å². The van der Waals surface area contributed by atoms with Crippen molar-refractivity contribution in [3.8, 4) is 0 Å². The third-order valence-electron chi connectivity index (χ3n) is 7.36. The second kappa shape index (κ2) is 13.0. The van der Waals surface area contributed by atoms with Crippen LogP contribution in [0.15, 0.2) is 72.8 Å². The van der Waals surface area contributed by atoms with E-state index in [-0.39, 0.29) is 24.5 Å². The normalized spacial score (nSPS) is 16.0. The zero-order valence-electron chi connectivity index (χ0n) is 24.3. The van der Waals surface area contributed by atoms with Crippen LogP contribution in [0, 0.1) is 0 Å². The van der Waals surface area contributed by atoms with Crippen molar-refractivity contribution >= 4 is 46.1 Å². The zero-order chi connectivity index (χ0) is 29.6. The van der Waals surface area contributed by atoms with Crippen molar-refractivity contribution in [1.82, 2.24) is 10.2 Å². The predicted octanol–water partition coefficient (Wildman–Crippen LogP) is 4.44. The Bertz CT molecular complexity index is 1480. The summed E-state index contributed by atoms with van der Waals surface area (Å²) in [5.41, 5.74) is 5.17. The zero-order valence-corrected chi connectivity index (χ0v) is 24.3. The van der Waals surface area contributed by atoms with Gasteiger partial charge >= 0.3 is 5.97 Å². The van der Waals surface area contributed by atoms with Gasteiger partial charge in [0.1, 0.15) is 0 Å². The van der Waals surface area contributed by atoms with Crippen LogP contribution in [0.5, 0.6) is 0 Å². The molecule has 9 nitrogen and oxygen atoms in total. The van der Waals surface area contributed by atoms with Crippen molar-refractivity contribution in [3.05, 3.63) is 89.5 Å². The van der Waals surface area contributed by atoms with Crippen LogP contribution < -0.4 is 20.9 Å². The fraction of sp³-hybridized carbons (Fsp3) is 0.303. The molecule has 3 aromatic rings. The number of nitrogens with one attached hydrogen (secondary N) is 3. The average molecular weight is 568 g/mol. The van der Waals surface area contributed by atoms with E-state index in [4.69, 9.17) is 4.74 Å². The molecule has 0 spiro atoms. The van der Waals surface area contributed by atoms with Crippen LogP contribution in [0.1, 0.15) is 42.3 Å². The van der Waals surface area contributed by atoms with E-state index in [1.165, 1.54) is 0 Å². The maximum atomic E-state index is 13.3. The summed E-state index contributed by atoms with van der Waals surface area (Å²) in [6, 6.07) is 22.4. The first-order valence-electron chi connectivity index (χ1n) is 14.4. The standard InChI is InChI=1S/C33H37N5O4/c1-4-42-33(41)24-10-15-27-28(20-24)36-32(40)30(27)31(23-8-6-5-7-9-23)35-25-11-13-26(14-12-25)38(22(2)3)29(39)21-37-18-16-34-17-19-37/h5-15,20,22,34-35H,4,16-19,21H2,1-3H3,(H,36,40). The SMILES string of the molecule is CCOC(=O)c1ccc2c(c1)NC(=O)C2=C(Nc1ccc(N(C(=O)CN2CCNCC2)C(C)C)cc1)c1ccccc1. The third-order valence-corrected chi connectivity index (χ3v) is 7.36. The van der Waals surface area contributed by atoms with Gasteiger partial charge in [0.2, 0.25) is 5.91 Å². The molecule has 0 radical (unpaired) electrons. The number of hydrogen-bond acceptors (Lipinski definition) is 7. The highest BCUT2D eigenvalue weighted by molar-refractivity contribution is 6.37. The Kier molecular flexibility index (Phi) is 9.00. The molecule has 0 aromatic heterocycles. The summed E-state index contributed by atoms with van der Waals surface area (Å²) >= 11 is 0. The molecular weight excluding hydrogens is 530 g/mol. The molecule has 1 saturated heterocycles. The second-order valence-corrected chi connectivity index (χ2v) is 10.6. The number of rotatable bonds is 9. The molecule has 0 unspecified atom stereocenters. The number of hydrogen-bond donors (Lipinski definition) is 3. The maximum absolute atomic E-state index is 13.3. The summed E-state index contributed by atoms with van der Waals surface area (Å²) < 4.78 is 5.13. The average Bonchev–Trinajstić information content (AvgIpc) is 3.32. The van der Waals surface area contributed by atoms with Crippen molar-refractivity contribution in [2.24, 2.45) is 0 Å². The topological polar surface area (TPSA) is 103 Å². The summed E-state index contributed by atoms with van der Waals surface area (Å²) in [4.78, 5) is 42.9. The lowest BCUT2D eigenvalue weighted by Crippen LogP contribution is -2.49. The third kappa shape index (κ3) is 6.37. The van der Waals surface area contributed by atoms with Crippen molar-refractivity contribution in [2.45, 2.75) is 26.8 Å². The molecule has 1 fully saturated rings. The summed E-state index contributed by atoms with van der Waals surface area (Å²) in [5, 5.41) is 9.70. The first-order valence-corrected chi connectivity index (χ1v) is 14.4. The number of amides is 2. The molecule has 5 rings (SSSR count). The molecule has 0 bridgehead atoms. The molecule has 0 aliphatic carbocycles. The van der Waals surface area contributed by atoms with Crippen LogP contribution in [0.25, 0.3) is 11.3 Å². The molecule has 3 aromatic carbocycles. The number of carbonyl (C=O) groups excluding carboxylic acids is 3. The van der Waals surface area contributed by atoms with Gasteiger partial charge in [-0.25, -0.2) is 4.79 Å². The molecule has 0 atom stereocenters. The van der Waals surface area contributed by atoms with Gasteiger partial charge < -0.3 is 25.6 Å². The molecule has 2 aliphatic heterocycles. The van der Waals surface area contributed by atoms with Gasteiger partial charge in [0.25, 0.3) is 5.91 Å². The Hall–Kier alpha value is -4.47. The van der Waals surface area contributed by atoms with E-state index in [2.05, 4.69) is 20.9 Å². The minimum absolute atomic E-state index is 0.000548. The summed E-state index contributed by atoms with van der Waals surface area (Å²) in [5.74, 6) is -0.630. The van der Waals surface area contributed by atoms with Crippen LogP contribution in [-0.4, -0.2) is 68.1 Å². The minimum atomic E-state index is -0.435. The first-order chi connectivity index (χ1) is 20.4. The highest BCUT2D eigenvalue weighted by Crippen LogP contribution is 2.38.